The van der Waals surface area contributed by atoms with E-state index in [1.54, 1.807) is 14.2 Å². The highest BCUT2D eigenvalue weighted by molar-refractivity contribution is 4.92. The van der Waals surface area contributed by atoms with Crippen LogP contribution in [0.25, 0.3) is 0 Å². The normalized spacial score (nSPS) is 36.2. The van der Waals surface area contributed by atoms with Gasteiger partial charge in [-0.15, -0.1) is 0 Å². The molecule has 5 atom stereocenters. The second-order valence-corrected chi connectivity index (χ2v) is 5.63. The third-order valence-corrected chi connectivity index (χ3v) is 3.61. The summed E-state index contributed by atoms with van der Waals surface area (Å²) in [6.07, 6.45) is -1.22. The Balaban J connectivity index is 2.95. The van der Waals surface area contributed by atoms with Gasteiger partial charge in [0.1, 0.15) is 6.10 Å². The molecule has 0 radical (unpaired) electrons. The molecule has 1 heterocycles. The van der Waals surface area contributed by atoms with Gasteiger partial charge in [0, 0.05) is 20.1 Å². The summed E-state index contributed by atoms with van der Waals surface area (Å²) < 4.78 is 22.8. The van der Waals surface area contributed by atoms with Crippen LogP contribution in [0.2, 0.25) is 0 Å². The van der Waals surface area contributed by atoms with Gasteiger partial charge in [0.15, 0.2) is 6.29 Å². The zero-order chi connectivity index (χ0) is 14.6. The highest BCUT2D eigenvalue weighted by Crippen LogP contribution is 2.35. The lowest BCUT2D eigenvalue weighted by Gasteiger charge is -2.47. The Kier molecular flexibility index (Phi) is 6.69. The highest BCUT2D eigenvalue weighted by atomic mass is 16.7. The molecule has 1 rings (SSSR count). The summed E-state index contributed by atoms with van der Waals surface area (Å²) in [7, 11) is 3.30. The summed E-state index contributed by atoms with van der Waals surface area (Å²) in [5, 5.41) is 9.56. The summed E-state index contributed by atoms with van der Waals surface area (Å²) >= 11 is 0. The minimum Gasteiger partial charge on any atom is -0.394 e. The van der Waals surface area contributed by atoms with Gasteiger partial charge < -0.3 is 24.1 Å². The number of hydrogen-bond donors (Lipinski definition) is 1. The summed E-state index contributed by atoms with van der Waals surface area (Å²) in [4.78, 5) is 0. The van der Waals surface area contributed by atoms with Crippen LogP contribution in [0.5, 0.6) is 0 Å². The third-order valence-electron chi connectivity index (χ3n) is 3.61. The Morgan fingerprint density at radius 1 is 1.05 bits per heavy atom. The van der Waals surface area contributed by atoms with Crippen LogP contribution in [-0.2, 0) is 18.9 Å². The predicted molar refractivity (Wildman–Crippen MR) is 71.9 cm³/mol. The molecule has 0 aromatic heterocycles. The van der Waals surface area contributed by atoms with Crippen LogP contribution < -0.4 is 0 Å². The first-order valence-electron chi connectivity index (χ1n) is 6.93. The maximum atomic E-state index is 9.56. The first kappa shape index (κ1) is 16.9. The maximum absolute atomic E-state index is 9.56. The fraction of sp³-hybridized carbons (Fsp3) is 1.00. The van der Waals surface area contributed by atoms with Crippen LogP contribution in [0.3, 0.4) is 0 Å². The van der Waals surface area contributed by atoms with Crippen molar-refractivity contribution in [3.8, 4) is 0 Å². The Bertz CT molecular complexity index is 256. The van der Waals surface area contributed by atoms with Crippen molar-refractivity contribution in [2.45, 2.75) is 58.4 Å². The second kappa shape index (κ2) is 7.55. The highest BCUT2D eigenvalue weighted by Gasteiger charge is 2.48. The minimum absolute atomic E-state index is 0.0232. The van der Waals surface area contributed by atoms with Gasteiger partial charge in [0.05, 0.1) is 24.9 Å². The lowest BCUT2D eigenvalue weighted by atomic mass is 9.80. The van der Waals surface area contributed by atoms with Crippen molar-refractivity contribution in [2.75, 3.05) is 20.8 Å². The quantitative estimate of drug-likeness (QED) is 0.795. The monoisotopic (exact) mass is 276 g/mol. The van der Waals surface area contributed by atoms with Crippen LogP contribution in [0, 0.1) is 11.8 Å². The molecule has 0 amide bonds. The first-order chi connectivity index (χ1) is 8.96. The van der Waals surface area contributed by atoms with E-state index in [-0.39, 0.29) is 36.9 Å². The van der Waals surface area contributed by atoms with E-state index in [9.17, 15) is 5.11 Å². The van der Waals surface area contributed by atoms with Gasteiger partial charge >= 0.3 is 0 Å². The molecule has 0 spiro atoms. The lowest BCUT2D eigenvalue weighted by Crippen LogP contribution is -2.59. The predicted octanol–water partition coefficient (Wildman–Crippen LogP) is 1.43. The second-order valence-electron chi connectivity index (χ2n) is 5.63. The molecule has 1 aliphatic heterocycles. The molecule has 1 fully saturated rings. The Labute approximate surface area is 116 Å². The number of hydrogen-bond acceptors (Lipinski definition) is 5. The molecule has 0 aromatic rings. The van der Waals surface area contributed by atoms with Crippen molar-refractivity contribution in [1.82, 2.24) is 0 Å². The van der Waals surface area contributed by atoms with Crippen molar-refractivity contribution < 1.29 is 24.1 Å². The fourth-order valence-electron chi connectivity index (χ4n) is 2.81. The van der Waals surface area contributed by atoms with Crippen molar-refractivity contribution in [3.05, 3.63) is 0 Å². The smallest absolute Gasteiger partial charge is 0.186 e. The Morgan fingerprint density at radius 3 is 2.00 bits per heavy atom. The number of aliphatic hydroxyl groups is 1. The van der Waals surface area contributed by atoms with Gasteiger partial charge in [0.2, 0.25) is 0 Å². The molecular weight excluding hydrogens is 248 g/mol. The van der Waals surface area contributed by atoms with E-state index >= 15 is 0 Å². The molecule has 114 valence electrons. The molecule has 0 aliphatic carbocycles. The zero-order valence-electron chi connectivity index (χ0n) is 12.8. The van der Waals surface area contributed by atoms with Crippen molar-refractivity contribution in [3.63, 3.8) is 0 Å². The van der Waals surface area contributed by atoms with Gasteiger partial charge in [-0.25, -0.2) is 0 Å². The summed E-state index contributed by atoms with van der Waals surface area (Å²) in [6.45, 7) is 8.04. The molecule has 0 saturated carbocycles. The zero-order valence-corrected chi connectivity index (χ0v) is 12.8. The molecular formula is C14H28O5. The van der Waals surface area contributed by atoms with Gasteiger partial charge in [-0.1, -0.05) is 13.8 Å². The molecule has 1 saturated heterocycles. The molecule has 0 aromatic carbocycles. The first-order valence-corrected chi connectivity index (χ1v) is 6.93. The Hall–Kier alpha value is -0.200. The topological polar surface area (TPSA) is 57.2 Å². The largest absolute Gasteiger partial charge is 0.394 e. The van der Waals surface area contributed by atoms with Crippen LogP contribution >= 0.6 is 0 Å². The van der Waals surface area contributed by atoms with E-state index in [4.69, 9.17) is 18.9 Å². The lowest BCUT2D eigenvalue weighted by molar-refractivity contribution is -0.311. The van der Waals surface area contributed by atoms with Crippen LogP contribution in [-0.4, -0.2) is 56.6 Å². The van der Waals surface area contributed by atoms with E-state index in [1.165, 1.54) is 0 Å². The van der Waals surface area contributed by atoms with Crippen LogP contribution in [0.4, 0.5) is 0 Å². The van der Waals surface area contributed by atoms with E-state index in [0.717, 1.165) is 0 Å². The molecule has 1 N–H and O–H groups in total. The fourth-order valence-corrected chi connectivity index (χ4v) is 2.81. The van der Waals surface area contributed by atoms with Crippen LogP contribution in [0.1, 0.15) is 27.7 Å². The van der Waals surface area contributed by atoms with Crippen molar-refractivity contribution in [2.24, 2.45) is 11.8 Å². The summed E-state index contributed by atoms with van der Waals surface area (Å²) in [5.41, 5.74) is 0. The van der Waals surface area contributed by atoms with Gasteiger partial charge in [-0.05, 0) is 19.8 Å². The molecule has 5 unspecified atom stereocenters. The third kappa shape index (κ3) is 3.89. The standard InChI is InChI=1S/C14H28O5/c1-8(2)11-10(7-15)19-14(18-9(3)4)13(17-6)12(11)16-5/h8-15H,7H2,1-6H3. The molecule has 5 nitrogen and oxygen atoms in total. The summed E-state index contributed by atoms with van der Waals surface area (Å²) in [6, 6.07) is 0. The van der Waals surface area contributed by atoms with E-state index < -0.39 is 6.29 Å². The van der Waals surface area contributed by atoms with Crippen molar-refractivity contribution >= 4 is 0 Å². The van der Waals surface area contributed by atoms with E-state index in [1.807, 2.05) is 13.8 Å². The van der Waals surface area contributed by atoms with E-state index in [2.05, 4.69) is 13.8 Å². The number of rotatable bonds is 6. The van der Waals surface area contributed by atoms with Crippen molar-refractivity contribution in [1.29, 1.82) is 0 Å². The molecule has 19 heavy (non-hydrogen) atoms. The van der Waals surface area contributed by atoms with Crippen LogP contribution in [0.15, 0.2) is 0 Å². The maximum Gasteiger partial charge on any atom is 0.186 e. The van der Waals surface area contributed by atoms with Gasteiger partial charge in [-0.3, -0.25) is 0 Å². The molecule has 0 bridgehead atoms. The average Bonchev–Trinajstić information content (AvgIpc) is 2.35. The number of ether oxygens (including phenoxy) is 4. The number of methoxy groups -OCH3 is 2. The van der Waals surface area contributed by atoms with Gasteiger partial charge in [-0.2, -0.15) is 0 Å². The van der Waals surface area contributed by atoms with Gasteiger partial charge in [0.25, 0.3) is 0 Å². The number of aliphatic hydroxyl groups excluding tert-OH is 1. The molecule has 5 heteroatoms. The summed E-state index contributed by atoms with van der Waals surface area (Å²) in [5.74, 6) is 0.395. The molecule has 1 aliphatic rings. The minimum atomic E-state index is -0.512. The SMILES string of the molecule is COC1C(OC(C)C)OC(CO)C(C(C)C)C1OC. The average molecular weight is 276 g/mol. The Morgan fingerprint density at radius 2 is 1.63 bits per heavy atom. The van der Waals surface area contributed by atoms with E-state index in [0.29, 0.717) is 5.92 Å².